The van der Waals surface area contributed by atoms with Crippen LogP contribution in [0.5, 0.6) is 11.8 Å². The Bertz CT molecular complexity index is 786. The summed E-state index contributed by atoms with van der Waals surface area (Å²) in [5, 5.41) is 0. The molecule has 7 heteroatoms. The molecule has 0 fully saturated rings. The lowest BCUT2D eigenvalue weighted by Crippen LogP contribution is -2.11. The Labute approximate surface area is 136 Å². The molecule has 0 bridgehead atoms. The van der Waals surface area contributed by atoms with Gasteiger partial charge in [-0.3, -0.25) is 0 Å². The Balaban J connectivity index is 2.24. The molecule has 0 spiro atoms. The summed E-state index contributed by atoms with van der Waals surface area (Å²) in [6.07, 6.45) is 1.51. The number of hydrogen-bond donors (Lipinski definition) is 0. The van der Waals surface area contributed by atoms with E-state index in [1.54, 1.807) is 12.1 Å². The first-order valence-electron chi connectivity index (χ1n) is 7.05. The minimum Gasteiger partial charge on any atom is -0.481 e. The van der Waals surface area contributed by atoms with Gasteiger partial charge < -0.3 is 9.47 Å². The molecule has 0 aliphatic carbocycles. The van der Waals surface area contributed by atoms with Crippen LogP contribution in [0.15, 0.2) is 24.4 Å². The van der Waals surface area contributed by atoms with E-state index in [0.29, 0.717) is 22.9 Å². The third-order valence-electron chi connectivity index (χ3n) is 3.39. The van der Waals surface area contributed by atoms with Gasteiger partial charge in [0.25, 0.3) is 0 Å². The third kappa shape index (κ3) is 4.41. The Kier molecular flexibility index (Phi) is 5.20. The van der Waals surface area contributed by atoms with Crippen LogP contribution in [0.4, 0.5) is 0 Å². The molecule has 0 N–H and O–H groups in total. The lowest BCUT2D eigenvalue weighted by molar-refractivity contribution is 0.392. The van der Waals surface area contributed by atoms with Crippen LogP contribution in [0.25, 0.3) is 0 Å². The standard InChI is InChI=1S/C16H20N2O4S/c1-11-7-12(2)18-16(22-4)14(11)10-23(19,20)9-13-5-6-15(21-3)17-8-13/h5-8H,9-10H2,1-4H3. The zero-order valence-corrected chi connectivity index (χ0v) is 14.5. The quantitative estimate of drug-likeness (QED) is 0.805. The van der Waals surface area contributed by atoms with E-state index in [1.807, 2.05) is 19.9 Å². The molecule has 2 rings (SSSR count). The zero-order chi connectivity index (χ0) is 17.0. The first-order valence-corrected chi connectivity index (χ1v) is 8.87. The predicted octanol–water partition coefficient (Wildman–Crippen LogP) is 2.23. The van der Waals surface area contributed by atoms with Crippen LogP contribution in [-0.4, -0.2) is 32.6 Å². The first kappa shape index (κ1) is 17.2. The van der Waals surface area contributed by atoms with Crippen molar-refractivity contribution in [3.63, 3.8) is 0 Å². The van der Waals surface area contributed by atoms with E-state index in [2.05, 4.69) is 9.97 Å². The maximum absolute atomic E-state index is 12.5. The van der Waals surface area contributed by atoms with Crippen LogP contribution < -0.4 is 9.47 Å². The monoisotopic (exact) mass is 336 g/mol. The smallest absolute Gasteiger partial charge is 0.217 e. The summed E-state index contributed by atoms with van der Waals surface area (Å²) in [6, 6.07) is 5.19. The number of aromatic nitrogens is 2. The second-order valence-corrected chi connectivity index (χ2v) is 7.37. The highest BCUT2D eigenvalue weighted by atomic mass is 32.2. The molecule has 0 amide bonds. The largest absolute Gasteiger partial charge is 0.481 e. The number of hydrogen-bond acceptors (Lipinski definition) is 6. The number of methoxy groups -OCH3 is 2. The van der Waals surface area contributed by atoms with Crippen molar-refractivity contribution in [3.8, 4) is 11.8 Å². The van der Waals surface area contributed by atoms with Crippen LogP contribution in [0.3, 0.4) is 0 Å². The normalized spacial score (nSPS) is 11.3. The van der Waals surface area contributed by atoms with Crippen molar-refractivity contribution in [2.24, 2.45) is 0 Å². The fraction of sp³-hybridized carbons (Fsp3) is 0.375. The van der Waals surface area contributed by atoms with Crippen LogP contribution in [0.2, 0.25) is 0 Å². The van der Waals surface area contributed by atoms with Crippen LogP contribution >= 0.6 is 0 Å². The minimum absolute atomic E-state index is 0.0968. The average Bonchev–Trinajstić information content (AvgIpc) is 2.50. The number of ether oxygens (including phenoxy) is 2. The van der Waals surface area contributed by atoms with Gasteiger partial charge in [0.1, 0.15) is 0 Å². The van der Waals surface area contributed by atoms with Crippen molar-refractivity contribution in [1.29, 1.82) is 0 Å². The van der Waals surface area contributed by atoms with Gasteiger partial charge in [-0.05, 0) is 31.0 Å². The summed E-state index contributed by atoms with van der Waals surface area (Å²) in [7, 11) is -0.373. The van der Waals surface area contributed by atoms with Gasteiger partial charge in [-0.15, -0.1) is 0 Å². The molecule has 6 nitrogen and oxygen atoms in total. The highest BCUT2D eigenvalue weighted by Crippen LogP contribution is 2.24. The van der Waals surface area contributed by atoms with Crippen molar-refractivity contribution in [2.45, 2.75) is 25.4 Å². The fourth-order valence-corrected chi connectivity index (χ4v) is 3.89. The van der Waals surface area contributed by atoms with E-state index >= 15 is 0 Å². The molecule has 23 heavy (non-hydrogen) atoms. The molecule has 2 aromatic rings. The maximum Gasteiger partial charge on any atom is 0.217 e. The highest BCUT2D eigenvalue weighted by Gasteiger charge is 2.19. The van der Waals surface area contributed by atoms with E-state index in [4.69, 9.17) is 9.47 Å². The molecule has 0 atom stereocenters. The van der Waals surface area contributed by atoms with Crippen LogP contribution in [-0.2, 0) is 21.3 Å². The Morgan fingerprint density at radius 2 is 1.83 bits per heavy atom. The van der Waals surface area contributed by atoms with Gasteiger partial charge >= 0.3 is 0 Å². The second-order valence-electron chi connectivity index (χ2n) is 5.31. The summed E-state index contributed by atoms with van der Waals surface area (Å²) in [6.45, 7) is 3.70. The molecule has 2 aromatic heterocycles. The first-order chi connectivity index (χ1) is 10.8. The molecule has 124 valence electrons. The average molecular weight is 336 g/mol. The van der Waals surface area contributed by atoms with E-state index < -0.39 is 9.84 Å². The van der Waals surface area contributed by atoms with Crippen LogP contribution in [0.1, 0.15) is 22.4 Å². The van der Waals surface area contributed by atoms with Crippen molar-refractivity contribution in [2.75, 3.05) is 14.2 Å². The van der Waals surface area contributed by atoms with E-state index in [9.17, 15) is 8.42 Å². The molecule has 2 heterocycles. The summed E-state index contributed by atoms with van der Waals surface area (Å²) >= 11 is 0. The van der Waals surface area contributed by atoms with Gasteiger partial charge in [0.05, 0.1) is 25.7 Å². The van der Waals surface area contributed by atoms with Crippen molar-refractivity contribution in [3.05, 3.63) is 46.8 Å². The lowest BCUT2D eigenvalue weighted by Gasteiger charge is -2.12. The Morgan fingerprint density at radius 3 is 2.39 bits per heavy atom. The van der Waals surface area contributed by atoms with Gasteiger partial charge in [0.15, 0.2) is 9.84 Å². The molecule has 0 saturated heterocycles. The third-order valence-corrected chi connectivity index (χ3v) is 4.89. The second kappa shape index (κ2) is 6.95. The molecular weight excluding hydrogens is 316 g/mol. The molecule has 0 saturated carbocycles. The van der Waals surface area contributed by atoms with Gasteiger partial charge in [0, 0.05) is 23.5 Å². The number of sulfone groups is 1. The predicted molar refractivity (Wildman–Crippen MR) is 87.4 cm³/mol. The Morgan fingerprint density at radius 1 is 1.09 bits per heavy atom. The van der Waals surface area contributed by atoms with Gasteiger partial charge in [0.2, 0.25) is 11.8 Å². The topological polar surface area (TPSA) is 78.4 Å². The maximum atomic E-state index is 12.5. The van der Waals surface area contributed by atoms with Crippen LogP contribution in [0, 0.1) is 13.8 Å². The van der Waals surface area contributed by atoms with Gasteiger partial charge in [-0.2, -0.15) is 0 Å². The fourth-order valence-electron chi connectivity index (χ4n) is 2.32. The molecule has 0 unspecified atom stereocenters. The molecule has 0 aromatic carbocycles. The minimum atomic E-state index is -3.38. The zero-order valence-electron chi connectivity index (χ0n) is 13.7. The molecular formula is C16H20N2O4S. The number of nitrogens with zero attached hydrogens (tertiary/aromatic N) is 2. The van der Waals surface area contributed by atoms with Gasteiger partial charge in [-0.25, -0.2) is 18.4 Å². The lowest BCUT2D eigenvalue weighted by atomic mass is 10.1. The molecule has 0 aliphatic rings. The number of aryl methyl sites for hydroxylation is 2. The summed E-state index contributed by atoms with van der Waals surface area (Å²) in [5.41, 5.74) is 2.85. The number of rotatable bonds is 6. The summed E-state index contributed by atoms with van der Waals surface area (Å²) < 4.78 is 35.2. The summed E-state index contributed by atoms with van der Waals surface area (Å²) in [5.74, 6) is 0.590. The summed E-state index contributed by atoms with van der Waals surface area (Å²) in [4.78, 5) is 8.28. The van der Waals surface area contributed by atoms with E-state index in [1.165, 1.54) is 20.4 Å². The van der Waals surface area contributed by atoms with Crippen molar-refractivity contribution < 1.29 is 17.9 Å². The van der Waals surface area contributed by atoms with E-state index in [-0.39, 0.29) is 11.5 Å². The number of pyridine rings is 2. The van der Waals surface area contributed by atoms with Gasteiger partial charge in [-0.1, -0.05) is 6.07 Å². The highest BCUT2D eigenvalue weighted by molar-refractivity contribution is 7.89. The molecule has 0 aliphatic heterocycles. The Hall–Kier alpha value is -2.15. The van der Waals surface area contributed by atoms with Crippen molar-refractivity contribution in [1.82, 2.24) is 9.97 Å². The SMILES string of the molecule is COc1ccc(CS(=O)(=O)Cc2c(C)cc(C)nc2OC)cn1. The van der Waals surface area contributed by atoms with E-state index in [0.717, 1.165) is 11.3 Å². The molecule has 0 radical (unpaired) electrons. The van der Waals surface area contributed by atoms with Crippen molar-refractivity contribution >= 4 is 9.84 Å².